The molecule has 6 heteroatoms. The fraction of sp³-hybridized carbons (Fsp3) is 0.533. The van der Waals surface area contributed by atoms with Crippen molar-refractivity contribution >= 4 is 29.9 Å². The second kappa shape index (κ2) is 6.86. The highest BCUT2D eigenvalue weighted by Gasteiger charge is 2.35. The van der Waals surface area contributed by atoms with Gasteiger partial charge < -0.3 is 15.0 Å². The molecule has 116 valence electrons. The van der Waals surface area contributed by atoms with E-state index in [0.717, 1.165) is 32.5 Å². The Bertz CT molecular complexity index is 524. The number of likely N-dealkylation sites (tertiary alicyclic amines) is 1. The van der Waals surface area contributed by atoms with Crippen molar-refractivity contribution in [1.82, 2.24) is 10.2 Å². The van der Waals surface area contributed by atoms with Crippen LogP contribution in [-0.2, 0) is 0 Å². The van der Waals surface area contributed by atoms with Crippen LogP contribution in [0.4, 0.5) is 0 Å². The van der Waals surface area contributed by atoms with Crippen LogP contribution in [0.1, 0.15) is 23.2 Å². The summed E-state index contributed by atoms with van der Waals surface area (Å²) in [5.41, 5.74) is 0.560. The molecule has 1 amide bonds. The van der Waals surface area contributed by atoms with Gasteiger partial charge in [0.25, 0.3) is 5.91 Å². The lowest BCUT2D eigenvalue weighted by molar-refractivity contribution is 0.0658. The van der Waals surface area contributed by atoms with E-state index in [-0.39, 0.29) is 18.3 Å². The minimum absolute atomic E-state index is 0. The zero-order chi connectivity index (χ0) is 14.1. The lowest BCUT2D eigenvalue weighted by Gasteiger charge is -2.35. The second-order valence-electron chi connectivity index (χ2n) is 5.49. The second-order valence-corrected chi connectivity index (χ2v) is 5.93. The van der Waals surface area contributed by atoms with Crippen LogP contribution in [0, 0.1) is 5.92 Å². The van der Waals surface area contributed by atoms with Gasteiger partial charge in [0, 0.05) is 24.2 Å². The number of hydrogen-bond donors (Lipinski definition) is 1. The van der Waals surface area contributed by atoms with E-state index in [0.29, 0.717) is 28.3 Å². The molecular weight excluding hydrogens is 311 g/mol. The first-order chi connectivity index (χ1) is 9.69. The van der Waals surface area contributed by atoms with E-state index in [1.54, 1.807) is 25.3 Å². The molecule has 0 aliphatic carbocycles. The number of rotatable bonds is 2. The minimum Gasteiger partial charge on any atom is -0.496 e. The predicted molar refractivity (Wildman–Crippen MR) is 85.7 cm³/mol. The summed E-state index contributed by atoms with van der Waals surface area (Å²) in [6, 6.07) is 5.77. The van der Waals surface area contributed by atoms with E-state index in [1.165, 1.54) is 0 Å². The maximum Gasteiger partial charge on any atom is 0.257 e. The summed E-state index contributed by atoms with van der Waals surface area (Å²) in [7, 11) is 1.58. The van der Waals surface area contributed by atoms with Crippen molar-refractivity contribution in [3.63, 3.8) is 0 Å². The fourth-order valence-corrected chi connectivity index (χ4v) is 3.42. The van der Waals surface area contributed by atoms with Gasteiger partial charge in [0.2, 0.25) is 0 Å². The third kappa shape index (κ3) is 3.28. The standard InChI is InChI=1S/C15H19ClN2O2.ClH/c1-20-14-3-2-11(16)8-12(14)15(19)18-7-5-13-10(9-18)4-6-17-13;/h2-3,8,10,13,17H,4-7,9H2,1H3;1H. The van der Waals surface area contributed by atoms with E-state index in [1.807, 2.05) is 4.90 Å². The van der Waals surface area contributed by atoms with Gasteiger partial charge in [-0.3, -0.25) is 4.79 Å². The number of benzene rings is 1. The molecule has 2 fully saturated rings. The molecule has 2 aliphatic heterocycles. The summed E-state index contributed by atoms with van der Waals surface area (Å²) >= 11 is 6.01. The summed E-state index contributed by atoms with van der Waals surface area (Å²) in [6.07, 6.45) is 2.18. The Morgan fingerprint density at radius 3 is 3.00 bits per heavy atom. The molecular formula is C15H20Cl2N2O2. The molecule has 4 nitrogen and oxygen atoms in total. The predicted octanol–water partition coefficient (Wildman–Crippen LogP) is 2.59. The molecule has 0 spiro atoms. The molecule has 2 aliphatic rings. The van der Waals surface area contributed by atoms with Crippen LogP contribution < -0.4 is 10.1 Å². The van der Waals surface area contributed by atoms with Crippen LogP contribution >= 0.6 is 24.0 Å². The van der Waals surface area contributed by atoms with Crippen molar-refractivity contribution in [2.45, 2.75) is 18.9 Å². The molecule has 2 heterocycles. The monoisotopic (exact) mass is 330 g/mol. The molecule has 2 atom stereocenters. The van der Waals surface area contributed by atoms with Crippen molar-refractivity contribution in [3.8, 4) is 5.75 Å². The van der Waals surface area contributed by atoms with Crippen molar-refractivity contribution in [2.75, 3.05) is 26.7 Å². The molecule has 0 bridgehead atoms. The van der Waals surface area contributed by atoms with Gasteiger partial charge in [-0.05, 0) is 43.5 Å². The number of ether oxygens (including phenoxy) is 1. The summed E-state index contributed by atoms with van der Waals surface area (Å²) < 4.78 is 5.28. The van der Waals surface area contributed by atoms with Crippen LogP contribution in [0.15, 0.2) is 18.2 Å². The number of hydrogen-bond acceptors (Lipinski definition) is 3. The molecule has 3 rings (SSSR count). The molecule has 1 aromatic rings. The molecule has 21 heavy (non-hydrogen) atoms. The topological polar surface area (TPSA) is 41.6 Å². The number of halogens is 2. The van der Waals surface area contributed by atoms with Crippen LogP contribution in [-0.4, -0.2) is 43.6 Å². The van der Waals surface area contributed by atoms with Crippen LogP contribution in [0.3, 0.4) is 0 Å². The zero-order valence-corrected chi connectivity index (χ0v) is 13.5. The average molecular weight is 331 g/mol. The third-order valence-electron chi connectivity index (χ3n) is 4.33. The minimum atomic E-state index is 0. The Morgan fingerprint density at radius 2 is 2.24 bits per heavy atom. The molecule has 1 aromatic carbocycles. The molecule has 0 aromatic heterocycles. The van der Waals surface area contributed by atoms with Gasteiger partial charge in [-0.2, -0.15) is 0 Å². The Hall–Kier alpha value is -0.970. The van der Waals surface area contributed by atoms with Gasteiger partial charge >= 0.3 is 0 Å². The van der Waals surface area contributed by atoms with Crippen LogP contribution in [0.5, 0.6) is 5.75 Å². The number of piperidine rings is 1. The van der Waals surface area contributed by atoms with Crippen molar-refractivity contribution in [3.05, 3.63) is 28.8 Å². The maximum atomic E-state index is 12.7. The normalized spacial score (nSPS) is 24.2. The summed E-state index contributed by atoms with van der Waals surface area (Å²) in [4.78, 5) is 14.6. The first-order valence-corrected chi connectivity index (χ1v) is 7.43. The van der Waals surface area contributed by atoms with Crippen LogP contribution in [0.2, 0.25) is 5.02 Å². The number of nitrogens with zero attached hydrogens (tertiary/aromatic N) is 1. The molecule has 1 N–H and O–H groups in total. The fourth-order valence-electron chi connectivity index (χ4n) is 3.25. The summed E-state index contributed by atoms with van der Waals surface area (Å²) in [5, 5.41) is 4.07. The van der Waals surface area contributed by atoms with Gasteiger partial charge in [0.15, 0.2) is 0 Å². The Morgan fingerprint density at radius 1 is 1.43 bits per heavy atom. The SMILES string of the molecule is COc1ccc(Cl)cc1C(=O)N1CCC2NCCC2C1.Cl. The lowest BCUT2D eigenvalue weighted by Crippen LogP contribution is -2.46. The van der Waals surface area contributed by atoms with E-state index in [4.69, 9.17) is 16.3 Å². The largest absolute Gasteiger partial charge is 0.496 e. The highest BCUT2D eigenvalue weighted by molar-refractivity contribution is 6.31. The first kappa shape index (κ1) is 16.4. The highest BCUT2D eigenvalue weighted by Crippen LogP contribution is 2.28. The zero-order valence-electron chi connectivity index (χ0n) is 12.0. The summed E-state index contributed by atoms with van der Waals surface area (Å²) in [5.74, 6) is 1.19. The Balaban J connectivity index is 0.00000161. The molecule has 0 saturated carbocycles. The third-order valence-corrected chi connectivity index (χ3v) is 4.57. The lowest BCUT2D eigenvalue weighted by atomic mass is 9.93. The number of carbonyl (C=O) groups is 1. The van der Waals surface area contributed by atoms with E-state index >= 15 is 0 Å². The molecule has 2 unspecified atom stereocenters. The Kier molecular flexibility index (Phi) is 5.36. The molecule has 2 saturated heterocycles. The Labute approximate surface area is 136 Å². The van der Waals surface area contributed by atoms with Gasteiger partial charge in [-0.1, -0.05) is 11.6 Å². The van der Waals surface area contributed by atoms with Crippen molar-refractivity contribution < 1.29 is 9.53 Å². The first-order valence-electron chi connectivity index (χ1n) is 7.05. The van der Waals surface area contributed by atoms with E-state index in [9.17, 15) is 4.79 Å². The quantitative estimate of drug-likeness (QED) is 0.906. The number of methoxy groups -OCH3 is 1. The van der Waals surface area contributed by atoms with Gasteiger partial charge in [-0.15, -0.1) is 12.4 Å². The van der Waals surface area contributed by atoms with E-state index in [2.05, 4.69) is 5.32 Å². The van der Waals surface area contributed by atoms with Crippen molar-refractivity contribution in [1.29, 1.82) is 0 Å². The number of fused-ring (bicyclic) bond motifs is 1. The number of amides is 1. The summed E-state index contributed by atoms with van der Waals surface area (Å²) in [6.45, 7) is 2.69. The van der Waals surface area contributed by atoms with Gasteiger partial charge in [-0.25, -0.2) is 0 Å². The highest BCUT2D eigenvalue weighted by atomic mass is 35.5. The molecule has 0 radical (unpaired) electrons. The smallest absolute Gasteiger partial charge is 0.257 e. The average Bonchev–Trinajstić information content (AvgIpc) is 2.93. The maximum absolute atomic E-state index is 12.7. The number of nitrogens with one attached hydrogen (secondary N) is 1. The number of carbonyl (C=O) groups excluding carboxylic acids is 1. The van der Waals surface area contributed by atoms with Gasteiger partial charge in [0.1, 0.15) is 5.75 Å². The van der Waals surface area contributed by atoms with Gasteiger partial charge in [0.05, 0.1) is 12.7 Å². The van der Waals surface area contributed by atoms with Crippen LogP contribution in [0.25, 0.3) is 0 Å². The van der Waals surface area contributed by atoms with Crippen molar-refractivity contribution in [2.24, 2.45) is 5.92 Å². The van der Waals surface area contributed by atoms with E-state index < -0.39 is 0 Å².